The summed E-state index contributed by atoms with van der Waals surface area (Å²) in [5.74, 6) is -0.300. The quantitative estimate of drug-likeness (QED) is 0.749. The lowest BCUT2D eigenvalue weighted by atomic mass is 9.84. The van der Waals surface area contributed by atoms with Crippen LogP contribution in [0.15, 0.2) is 42.5 Å². The molecule has 1 saturated heterocycles. The van der Waals surface area contributed by atoms with E-state index in [4.69, 9.17) is 4.74 Å². The van der Waals surface area contributed by atoms with E-state index in [9.17, 15) is 18.4 Å². The van der Waals surface area contributed by atoms with Gasteiger partial charge in [-0.05, 0) is 54.5 Å². The molecule has 1 aliphatic carbocycles. The highest BCUT2D eigenvalue weighted by Gasteiger charge is 2.53. The Morgan fingerprint density at radius 2 is 1.93 bits per heavy atom. The maximum atomic E-state index is 13.5. The van der Waals surface area contributed by atoms with Crippen molar-refractivity contribution in [3.8, 4) is 11.5 Å². The number of imide groups is 1. The van der Waals surface area contributed by atoms with Crippen molar-refractivity contribution in [2.45, 2.75) is 44.4 Å². The number of urea groups is 1. The van der Waals surface area contributed by atoms with Crippen molar-refractivity contribution in [2.75, 3.05) is 7.11 Å². The average Bonchev–Trinajstić information content (AvgIpc) is 2.87. The predicted octanol–water partition coefficient (Wildman–Crippen LogP) is 3.97. The summed E-state index contributed by atoms with van der Waals surface area (Å²) in [6, 6.07) is 11.6. The SMILES string of the molecule is COc1cc(CN2C(=O)N[C@]3(CCCCc4ccccc43)C2=O)ccc1OC(F)F. The zero-order valence-electron chi connectivity index (χ0n) is 16.5. The van der Waals surface area contributed by atoms with Crippen LogP contribution in [0.2, 0.25) is 0 Å². The van der Waals surface area contributed by atoms with E-state index in [1.807, 2.05) is 24.3 Å². The number of methoxy groups -OCH3 is 1. The van der Waals surface area contributed by atoms with Crippen LogP contribution in [0, 0.1) is 0 Å². The first-order valence-corrected chi connectivity index (χ1v) is 9.79. The minimum absolute atomic E-state index is 0.0000971. The molecule has 0 bridgehead atoms. The average molecular weight is 416 g/mol. The zero-order valence-corrected chi connectivity index (χ0v) is 16.5. The minimum atomic E-state index is -2.98. The highest BCUT2D eigenvalue weighted by Crippen LogP contribution is 2.39. The van der Waals surface area contributed by atoms with Crippen LogP contribution < -0.4 is 14.8 Å². The number of carbonyl (C=O) groups is 2. The Kier molecular flexibility index (Phi) is 5.32. The summed E-state index contributed by atoms with van der Waals surface area (Å²) < 4.78 is 34.6. The molecule has 0 radical (unpaired) electrons. The molecule has 4 rings (SSSR count). The van der Waals surface area contributed by atoms with E-state index < -0.39 is 18.2 Å². The first-order chi connectivity index (χ1) is 14.4. The number of amides is 3. The van der Waals surface area contributed by atoms with E-state index in [0.29, 0.717) is 12.0 Å². The Balaban J connectivity index is 1.63. The van der Waals surface area contributed by atoms with Gasteiger partial charge in [0.05, 0.1) is 13.7 Å². The van der Waals surface area contributed by atoms with Crippen molar-refractivity contribution in [3.63, 3.8) is 0 Å². The van der Waals surface area contributed by atoms with Crippen molar-refractivity contribution >= 4 is 11.9 Å². The fraction of sp³-hybridized carbons (Fsp3) is 0.364. The van der Waals surface area contributed by atoms with Crippen molar-refractivity contribution in [1.29, 1.82) is 0 Å². The Hall–Kier alpha value is -3.16. The van der Waals surface area contributed by atoms with E-state index in [0.717, 1.165) is 30.4 Å². The van der Waals surface area contributed by atoms with Crippen LogP contribution in [-0.2, 0) is 23.3 Å². The second kappa shape index (κ2) is 7.93. The number of hydrogen-bond acceptors (Lipinski definition) is 4. The molecule has 0 saturated carbocycles. The largest absolute Gasteiger partial charge is 0.493 e. The number of nitrogens with one attached hydrogen (secondary N) is 1. The van der Waals surface area contributed by atoms with Gasteiger partial charge in [0.25, 0.3) is 5.91 Å². The number of nitrogens with zero attached hydrogens (tertiary/aromatic N) is 1. The van der Waals surface area contributed by atoms with Gasteiger partial charge >= 0.3 is 12.6 Å². The van der Waals surface area contributed by atoms with Gasteiger partial charge in [-0.3, -0.25) is 9.69 Å². The van der Waals surface area contributed by atoms with Gasteiger partial charge < -0.3 is 14.8 Å². The Morgan fingerprint density at radius 1 is 1.13 bits per heavy atom. The lowest BCUT2D eigenvalue weighted by Crippen LogP contribution is -2.44. The third kappa shape index (κ3) is 3.46. The molecule has 0 unspecified atom stereocenters. The summed E-state index contributed by atoms with van der Waals surface area (Å²) in [5, 5.41) is 2.93. The standard InChI is InChI=1S/C22H22F2N2O4/c1-29-18-12-14(9-10-17(18)30-20(23)24)13-26-19(27)22(25-21(26)28)11-5-4-7-15-6-2-3-8-16(15)22/h2-3,6,8-10,12,20H,4-5,7,11,13H2,1H3,(H,25,28)/t22-/m0/s1. The second-order valence-electron chi connectivity index (χ2n) is 7.45. The van der Waals surface area contributed by atoms with E-state index in [2.05, 4.69) is 10.1 Å². The summed E-state index contributed by atoms with van der Waals surface area (Å²) in [4.78, 5) is 27.4. The van der Waals surface area contributed by atoms with E-state index in [1.54, 1.807) is 0 Å². The molecular weight excluding hydrogens is 394 g/mol. The fourth-order valence-corrected chi connectivity index (χ4v) is 4.30. The Bertz CT molecular complexity index is 981. The molecule has 2 aliphatic rings. The number of fused-ring (bicyclic) bond motifs is 2. The first-order valence-electron chi connectivity index (χ1n) is 9.79. The number of benzene rings is 2. The van der Waals surface area contributed by atoms with Crippen LogP contribution in [0.5, 0.6) is 11.5 Å². The Labute approximate surface area is 172 Å². The van der Waals surface area contributed by atoms with Gasteiger partial charge in [-0.25, -0.2) is 4.79 Å². The predicted molar refractivity (Wildman–Crippen MR) is 104 cm³/mol. The van der Waals surface area contributed by atoms with Gasteiger partial charge in [0.2, 0.25) is 0 Å². The van der Waals surface area contributed by atoms with Gasteiger partial charge in [0, 0.05) is 0 Å². The molecule has 0 aromatic heterocycles. The maximum Gasteiger partial charge on any atom is 0.387 e. The molecule has 1 fully saturated rings. The van der Waals surface area contributed by atoms with Gasteiger partial charge in [0.1, 0.15) is 5.54 Å². The number of rotatable bonds is 5. The summed E-state index contributed by atoms with van der Waals surface area (Å²) in [5.41, 5.74) is 1.42. The molecule has 1 spiro atoms. The van der Waals surface area contributed by atoms with Crippen molar-refractivity contribution in [1.82, 2.24) is 10.2 Å². The molecule has 30 heavy (non-hydrogen) atoms. The van der Waals surface area contributed by atoms with E-state index in [-0.39, 0.29) is 24.0 Å². The molecule has 158 valence electrons. The topological polar surface area (TPSA) is 67.9 Å². The monoisotopic (exact) mass is 416 g/mol. The number of alkyl halides is 2. The minimum Gasteiger partial charge on any atom is -0.493 e. The molecule has 1 N–H and O–H groups in total. The van der Waals surface area contributed by atoms with Gasteiger partial charge in [-0.1, -0.05) is 30.3 Å². The van der Waals surface area contributed by atoms with Gasteiger partial charge in [0.15, 0.2) is 11.5 Å². The maximum absolute atomic E-state index is 13.5. The number of hydrogen-bond donors (Lipinski definition) is 1. The lowest BCUT2D eigenvalue weighted by Gasteiger charge is -2.27. The molecule has 2 aromatic rings. The molecule has 8 heteroatoms. The zero-order chi connectivity index (χ0) is 21.3. The molecule has 6 nitrogen and oxygen atoms in total. The highest BCUT2D eigenvalue weighted by molar-refractivity contribution is 6.07. The number of aryl methyl sites for hydroxylation is 1. The normalized spacial score (nSPS) is 20.9. The third-order valence-electron chi connectivity index (χ3n) is 5.69. The van der Waals surface area contributed by atoms with E-state index in [1.165, 1.54) is 30.2 Å². The molecule has 1 aliphatic heterocycles. The highest BCUT2D eigenvalue weighted by atomic mass is 19.3. The molecular formula is C22H22F2N2O4. The van der Waals surface area contributed by atoms with E-state index >= 15 is 0 Å². The molecule has 1 atom stereocenters. The van der Waals surface area contributed by atoms with Gasteiger partial charge in [-0.2, -0.15) is 8.78 Å². The summed E-state index contributed by atoms with van der Waals surface area (Å²) >= 11 is 0. The molecule has 3 amide bonds. The third-order valence-corrected chi connectivity index (χ3v) is 5.69. The Morgan fingerprint density at radius 3 is 2.70 bits per heavy atom. The first kappa shape index (κ1) is 20.1. The van der Waals surface area contributed by atoms with Crippen molar-refractivity contribution in [3.05, 3.63) is 59.2 Å². The smallest absolute Gasteiger partial charge is 0.387 e. The number of carbonyl (C=O) groups excluding carboxylic acids is 2. The number of ether oxygens (including phenoxy) is 2. The van der Waals surface area contributed by atoms with Crippen LogP contribution in [0.25, 0.3) is 0 Å². The summed E-state index contributed by atoms with van der Waals surface area (Å²) in [6.07, 6.45) is 3.17. The van der Waals surface area contributed by atoms with Crippen LogP contribution in [-0.4, -0.2) is 30.6 Å². The fourth-order valence-electron chi connectivity index (χ4n) is 4.30. The second-order valence-corrected chi connectivity index (χ2v) is 7.45. The summed E-state index contributed by atoms with van der Waals surface area (Å²) in [7, 11) is 1.34. The van der Waals surface area contributed by atoms with Crippen LogP contribution in [0.1, 0.15) is 36.0 Å². The number of halogens is 2. The van der Waals surface area contributed by atoms with Crippen LogP contribution >= 0.6 is 0 Å². The molecule has 2 aromatic carbocycles. The van der Waals surface area contributed by atoms with Crippen molar-refractivity contribution in [2.24, 2.45) is 0 Å². The van der Waals surface area contributed by atoms with Crippen LogP contribution in [0.4, 0.5) is 13.6 Å². The lowest BCUT2D eigenvalue weighted by molar-refractivity contribution is -0.132. The van der Waals surface area contributed by atoms with Gasteiger partial charge in [-0.15, -0.1) is 0 Å². The summed E-state index contributed by atoms with van der Waals surface area (Å²) in [6.45, 7) is -2.98. The molecule has 1 heterocycles. The van der Waals surface area contributed by atoms with Crippen molar-refractivity contribution < 1.29 is 27.8 Å². The van der Waals surface area contributed by atoms with Crippen LogP contribution in [0.3, 0.4) is 0 Å².